The van der Waals surface area contributed by atoms with Gasteiger partial charge in [0.05, 0.1) is 21.2 Å². The van der Waals surface area contributed by atoms with Gasteiger partial charge in [0.2, 0.25) is 20.0 Å². The third kappa shape index (κ3) is 6.30. The van der Waals surface area contributed by atoms with Gasteiger partial charge in [-0.25, -0.2) is 16.8 Å². The van der Waals surface area contributed by atoms with Gasteiger partial charge < -0.3 is 0 Å². The molecule has 2 aliphatic heterocycles. The Hall–Kier alpha value is -2.93. The Bertz CT molecular complexity index is 1650. The summed E-state index contributed by atoms with van der Waals surface area (Å²) in [4.78, 5) is 14.4. The van der Waals surface area contributed by atoms with E-state index in [1.807, 2.05) is 48.9 Å². The topological polar surface area (TPSA) is 91.8 Å². The highest BCUT2D eigenvalue weighted by molar-refractivity contribution is 7.89. The number of benzene rings is 2. The van der Waals surface area contributed by atoms with Crippen LogP contribution in [0.15, 0.2) is 87.8 Å². The predicted octanol–water partition coefficient (Wildman–Crippen LogP) is 6.35. The number of ketones is 1. The Morgan fingerprint density at radius 2 is 1.05 bits per heavy atom. The van der Waals surface area contributed by atoms with Crippen molar-refractivity contribution < 1.29 is 21.6 Å². The lowest BCUT2D eigenvalue weighted by molar-refractivity contribution is 0.0954. The fourth-order valence-electron chi connectivity index (χ4n) is 4.54. The van der Waals surface area contributed by atoms with E-state index in [9.17, 15) is 21.6 Å². The molecule has 0 unspecified atom stereocenters. The molecule has 7 nitrogen and oxygen atoms in total. The number of aryl methyl sites for hydroxylation is 2. The standard InChI is InChI=1S/C15H15NO2S2.C14H13NO3S2.CH4/c1-11-3-5-14(6-4-11)20(17,18)16-9-12(2)15-13(10-16)7-8-19-15;1-10-2-4-12(5-3-10)20(17,18)15-8-11-6-7-19-14(11)13(16)9-15;/h3-8H,2,9-10H2,1H3;2-7H,8-9H2,1H3;1H4. The van der Waals surface area contributed by atoms with Crippen molar-refractivity contribution in [2.75, 3.05) is 13.1 Å². The van der Waals surface area contributed by atoms with Crippen LogP contribution in [0.3, 0.4) is 0 Å². The van der Waals surface area contributed by atoms with E-state index in [1.165, 1.54) is 19.9 Å². The van der Waals surface area contributed by atoms with Crippen LogP contribution in [0.1, 0.15) is 44.2 Å². The molecule has 2 aromatic carbocycles. The molecule has 6 rings (SSSR count). The first kappa shape index (κ1) is 31.0. The average molecular weight is 629 g/mol. The van der Waals surface area contributed by atoms with Gasteiger partial charge >= 0.3 is 0 Å². The number of Topliss-reactive ketones (excluding diaryl/α,β-unsaturated/α-hetero) is 1. The maximum Gasteiger partial charge on any atom is 0.243 e. The lowest BCUT2D eigenvalue weighted by Crippen LogP contribution is -2.38. The molecule has 4 aromatic rings. The van der Waals surface area contributed by atoms with Crippen molar-refractivity contribution in [3.05, 3.63) is 110 Å². The number of fused-ring (bicyclic) bond motifs is 2. The Labute approximate surface area is 250 Å². The quantitative estimate of drug-likeness (QED) is 0.263. The Kier molecular flexibility index (Phi) is 9.17. The van der Waals surface area contributed by atoms with Crippen LogP contribution < -0.4 is 0 Å². The monoisotopic (exact) mass is 628 g/mol. The summed E-state index contributed by atoms with van der Waals surface area (Å²) < 4.78 is 53.2. The van der Waals surface area contributed by atoms with E-state index < -0.39 is 20.0 Å². The molecular weight excluding hydrogens is 597 g/mol. The molecule has 41 heavy (non-hydrogen) atoms. The van der Waals surface area contributed by atoms with E-state index in [-0.39, 0.29) is 31.2 Å². The predicted molar refractivity (Wildman–Crippen MR) is 166 cm³/mol. The van der Waals surface area contributed by atoms with Crippen molar-refractivity contribution in [3.8, 4) is 0 Å². The van der Waals surface area contributed by atoms with Crippen LogP contribution >= 0.6 is 22.7 Å². The van der Waals surface area contributed by atoms with Crippen LogP contribution in [0.4, 0.5) is 0 Å². The second-order valence-electron chi connectivity index (χ2n) is 9.75. The summed E-state index contributed by atoms with van der Waals surface area (Å²) in [5, 5.41) is 3.81. The second kappa shape index (κ2) is 12.1. The molecular formula is C30H32N2O5S4. The van der Waals surface area contributed by atoms with Gasteiger partial charge in [-0.3, -0.25) is 4.79 Å². The van der Waals surface area contributed by atoms with Gasteiger partial charge in [-0.1, -0.05) is 49.4 Å². The third-order valence-electron chi connectivity index (χ3n) is 6.77. The van der Waals surface area contributed by atoms with Gasteiger partial charge in [0.15, 0.2) is 5.78 Å². The van der Waals surface area contributed by atoms with Crippen molar-refractivity contribution >= 4 is 54.1 Å². The van der Waals surface area contributed by atoms with Gasteiger partial charge in [-0.05, 0) is 77.7 Å². The molecule has 0 atom stereocenters. The van der Waals surface area contributed by atoms with E-state index in [0.29, 0.717) is 22.9 Å². The van der Waals surface area contributed by atoms with Gasteiger partial charge in [0.1, 0.15) is 0 Å². The third-order valence-corrected chi connectivity index (χ3v) is 12.4. The number of nitrogens with zero attached hydrogens (tertiary/aromatic N) is 2. The minimum absolute atomic E-state index is 0. The van der Waals surface area contributed by atoms with Crippen LogP contribution in [-0.2, 0) is 33.1 Å². The number of rotatable bonds is 4. The van der Waals surface area contributed by atoms with Crippen molar-refractivity contribution in [1.29, 1.82) is 0 Å². The minimum atomic E-state index is -3.62. The molecule has 4 heterocycles. The molecule has 11 heteroatoms. The number of hydrogen-bond acceptors (Lipinski definition) is 7. The molecule has 0 saturated heterocycles. The summed E-state index contributed by atoms with van der Waals surface area (Å²) >= 11 is 3.00. The van der Waals surface area contributed by atoms with E-state index in [1.54, 1.807) is 47.7 Å². The molecule has 2 aromatic heterocycles. The molecule has 0 amide bonds. The van der Waals surface area contributed by atoms with E-state index in [2.05, 4.69) is 6.58 Å². The van der Waals surface area contributed by atoms with Crippen LogP contribution in [0.2, 0.25) is 0 Å². The first-order chi connectivity index (χ1) is 19.0. The Balaban J connectivity index is 0.000000184. The Morgan fingerprint density at radius 3 is 1.54 bits per heavy atom. The first-order valence-electron chi connectivity index (χ1n) is 12.4. The SMILES string of the molecule is C.C=C1CN(S(=O)(=O)c2ccc(C)cc2)Cc2ccsc21.Cc1ccc(S(=O)(=O)N2CC(=O)c3sccc3C2)cc1. The average Bonchev–Trinajstić information content (AvgIpc) is 3.60. The van der Waals surface area contributed by atoms with Crippen molar-refractivity contribution in [2.24, 2.45) is 0 Å². The highest BCUT2D eigenvalue weighted by Crippen LogP contribution is 2.34. The molecule has 0 bridgehead atoms. The van der Waals surface area contributed by atoms with Crippen molar-refractivity contribution in [2.45, 2.75) is 44.2 Å². The zero-order chi connectivity index (χ0) is 28.7. The largest absolute Gasteiger partial charge is 0.292 e. The van der Waals surface area contributed by atoms with E-state index in [4.69, 9.17) is 0 Å². The van der Waals surface area contributed by atoms with Crippen LogP contribution in [-0.4, -0.2) is 44.3 Å². The smallest absolute Gasteiger partial charge is 0.243 e. The zero-order valence-electron chi connectivity index (χ0n) is 22.0. The lowest BCUT2D eigenvalue weighted by atomic mass is 10.1. The zero-order valence-corrected chi connectivity index (χ0v) is 25.3. The number of thiophene rings is 2. The van der Waals surface area contributed by atoms with Gasteiger partial charge in [-0.15, -0.1) is 22.7 Å². The second-order valence-corrected chi connectivity index (χ2v) is 15.5. The van der Waals surface area contributed by atoms with Crippen LogP contribution in [0.5, 0.6) is 0 Å². The number of carbonyl (C=O) groups is 1. The van der Waals surface area contributed by atoms with Crippen molar-refractivity contribution in [1.82, 2.24) is 8.61 Å². The van der Waals surface area contributed by atoms with Gasteiger partial charge in [-0.2, -0.15) is 8.61 Å². The maximum absolute atomic E-state index is 12.7. The highest BCUT2D eigenvalue weighted by atomic mass is 32.2. The fourth-order valence-corrected chi connectivity index (χ4v) is 9.06. The molecule has 0 spiro atoms. The summed E-state index contributed by atoms with van der Waals surface area (Å²) in [6, 6.07) is 17.4. The maximum atomic E-state index is 12.7. The molecule has 0 aliphatic carbocycles. The molecule has 0 saturated carbocycles. The molecule has 216 valence electrons. The first-order valence-corrected chi connectivity index (χ1v) is 17.1. The summed E-state index contributed by atoms with van der Waals surface area (Å²) in [7, 11) is -7.07. The molecule has 0 radical (unpaired) electrons. The summed E-state index contributed by atoms with van der Waals surface area (Å²) in [6.07, 6.45) is 0. The van der Waals surface area contributed by atoms with Gasteiger partial charge in [0.25, 0.3) is 0 Å². The normalized spacial score (nSPS) is 15.8. The van der Waals surface area contributed by atoms with Crippen LogP contribution in [0, 0.1) is 13.8 Å². The summed E-state index contributed by atoms with van der Waals surface area (Å²) in [5.41, 5.74) is 4.76. The Morgan fingerprint density at radius 1 is 0.634 bits per heavy atom. The highest BCUT2D eigenvalue weighted by Gasteiger charge is 2.33. The van der Waals surface area contributed by atoms with Crippen LogP contribution in [0.25, 0.3) is 5.57 Å². The molecule has 2 aliphatic rings. The minimum Gasteiger partial charge on any atom is -0.292 e. The van der Waals surface area contributed by atoms with Gasteiger partial charge in [0, 0.05) is 24.5 Å². The number of sulfonamides is 2. The van der Waals surface area contributed by atoms with E-state index >= 15 is 0 Å². The summed E-state index contributed by atoms with van der Waals surface area (Å²) in [6.45, 7) is 8.82. The van der Waals surface area contributed by atoms with E-state index in [0.717, 1.165) is 32.7 Å². The number of hydrogen-bond donors (Lipinski definition) is 0. The molecule has 0 N–H and O–H groups in total. The summed E-state index contributed by atoms with van der Waals surface area (Å²) in [5.74, 6) is -0.128. The molecule has 0 fully saturated rings. The van der Waals surface area contributed by atoms with Crippen molar-refractivity contribution in [3.63, 3.8) is 0 Å². The lowest BCUT2D eigenvalue weighted by Gasteiger charge is -2.27. The fraction of sp³-hybridized carbons (Fsp3) is 0.233. The number of carbonyl (C=O) groups excluding carboxylic acids is 1.